The fourth-order valence-electron chi connectivity index (χ4n) is 1.59. The largest absolute Gasteiger partial charge is 0.478 e. The second-order valence-corrected chi connectivity index (χ2v) is 4.49. The van der Waals surface area contributed by atoms with Gasteiger partial charge in [-0.1, -0.05) is 11.6 Å². The molecule has 0 spiro atoms. The molecule has 0 unspecified atom stereocenters. The van der Waals surface area contributed by atoms with Crippen molar-refractivity contribution in [1.29, 1.82) is 0 Å². The first kappa shape index (κ1) is 15.1. The zero-order valence-electron chi connectivity index (χ0n) is 10.3. The molecule has 110 valence electrons. The number of carboxylic acid groups (broad SMARTS) is 1. The molecule has 0 saturated carbocycles. The third-order valence-corrected chi connectivity index (χ3v) is 2.80. The Morgan fingerprint density at radius 1 is 1.24 bits per heavy atom. The molecule has 1 aromatic carbocycles. The summed E-state index contributed by atoms with van der Waals surface area (Å²) in [5.74, 6) is -1.08. The molecule has 1 heterocycles. The van der Waals surface area contributed by atoms with Gasteiger partial charge in [0.2, 0.25) is 0 Å². The molecular formula is C13H8ClF3N2O2. The molecule has 0 bridgehead atoms. The molecule has 0 atom stereocenters. The lowest BCUT2D eigenvalue weighted by Gasteiger charge is -2.14. The van der Waals surface area contributed by atoms with Crippen molar-refractivity contribution >= 4 is 29.1 Å². The van der Waals surface area contributed by atoms with E-state index in [-0.39, 0.29) is 22.1 Å². The van der Waals surface area contributed by atoms with Crippen molar-refractivity contribution in [3.8, 4) is 0 Å². The van der Waals surface area contributed by atoms with Crippen LogP contribution in [0.5, 0.6) is 0 Å². The average Bonchev–Trinajstić information content (AvgIpc) is 2.40. The summed E-state index contributed by atoms with van der Waals surface area (Å²) in [6.45, 7) is 0. The zero-order valence-corrected chi connectivity index (χ0v) is 11.0. The molecule has 0 amide bonds. The Morgan fingerprint density at radius 3 is 2.48 bits per heavy atom. The monoisotopic (exact) mass is 316 g/mol. The lowest BCUT2D eigenvalue weighted by molar-refractivity contribution is -0.136. The van der Waals surface area contributed by atoms with E-state index >= 15 is 0 Å². The van der Waals surface area contributed by atoms with Crippen LogP contribution >= 0.6 is 11.6 Å². The number of carboxylic acids is 1. The van der Waals surface area contributed by atoms with Crippen molar-refractivity contribution in [3.05, 3.63) is 52.7 Å². The molecule has 4 nitrogen and oxygen atoms in total. The Labute approximate surface area is 122 Å². The quantitative estimate of drug-likeness (QED) is 0.891. The molecule has 0 aliphatic rings. The number of pyridine rings is 1. The molecule has 2 rings (SSSR count). The summed E-state index contributed by atoms with van der Waals surface area (Å²) in [7, 11) is 0. The summed E-state index contributed by atoms with van der Waals surface area (Å²) in [6, 6.07) is 5.80. The number of nitrogens with zero attached hydrogens (tertiary/aromatic N) is 1. The Balaban J connectivity index is 2.33. The number of hydrogen-bond acceptors (Lipinski definition) is 3. The number of anilines is 2. The number of rotatable bonds is 3. The number of nitrogens with one attached hydrogen (secondary N) is 1. The van der Waals surface area contributed by atoms with Gasteiger partial charge < -0.3 is 10.4 Å². The van der Waals surface area contributed by atoms with E-state index in [0.717, 1.165) is 12.3 Å². The van der Waals surface area contributed by atoms with E-state index in [1.807, 2.05) is 0 Å². The summed E-state index contributed by atoms with van der Waals surface area (Å²) in [6.07, 6.45) is -3.53. The van der Waals surface area contributed by atoms with Crippen molar-refractivity contribution in [1.82, 2.24) is 4.98 Å². The highest BCUT2D eigenvalue weighted by Crippen LogP contribution is 2.37. The SMILES string of the molecule is O=C(O)c1ccc(Nc2ccc(Cl)cc2C(F)(F)F)nc1. The Morgan fingerprint density at radius 2 is 1.95 bits per heavy atom. The van der Waals surface area contributed by atoms with Crippen LogP contribution < -0.4 is 5.32 Å². The number of carbonyl (C=O) groups is 1. The number of aromatic carboxylic acids is 1. The predicted molar refractivity (Wildman–Crippen MR) is 70.9 cm³/mol. The van der Waals surface area contributed by atoms with Gasteiger partial charge in [-0.25, -0.2) is 9.78 Å². The van der Waals surface area contributed by atoms with Gasteiger partial charge in [-0.2, -0.15) is 13.2 Å². The molecule has 0 saturated heterocycles. The van der Waals surface area contributed by atoms with Crippen LogP contribution in [0.3, 0.4) is 0 Å². The van der Waals surface area contributed by atoms with Crippen LogP contribution in [0.1, 0.15) is 15.9 Å². The van der Waals surface area contributed by atoms with Crippen molar-refractivity contribution in [2.75, 3.05) is 5.32 Å². The van der Waals surface area contributed by atoms with Gasteiger partial charge in [-0.05, 0) is 30.3 Å². The van der Waals surface area contributed by atoms with Crippen LogP contribution in [-0.2, 0) is 6.18 Å². The molecular weight excluding hydrogens is 309 g/mol. The summed E-state index contributed by atoms with van der Waals surface area (Å²) >= 11 is 5.57. The van der Waals surface area contributed by atoms with Crippen molar-refractivity contribution in [3.63, 3.8) is 0 Å². The Kier molecular flexibility index (Phi) is 4.04. The van der Waals surface area contributed by atoms with Crippen LogP contribution in [0.4, 0.5) is 24.7 Å². The fraction of sp³-hybridized carbons (Fsp3) is 0.0769. The summed E-state index contributed by atoms with van der Waals surface area (Å²) in [5, 5.41) is 11.2. The van der Waals surface area contributed by atoms with Crippen LogP contribution in [0.15, 0.2) is 36.5 Å². The molecule has 1 aromatic heterocycles. The number of alkyl halides is 3. The first-order valence-corrected chi connectivity index (χ1v) is 5.98. The van der Waals surface area contributed by atoms with Crippen LogP contribution in [-0.4, -0.2) is 16.1 Å². The standard InChI is InChI=1S/C13H8ClF3N2O2/c14-8-2-3-10(9(5-8)13(15,16)17)19-11-4-1-7(6-18-11)12(20)21/h1-6H,(H,18,19)(H,20,21). The molecule has 21 heavy (non-hydrogen) atoms. The first-order chi connectivity index (χ1) is 9.77. The van der Waals surface area contributed by atoms with Crippen LogP contribution in [0.25, 0.3) is 0 Å². The van der Waals surface area contributed by atoms with E-state index in [0.29, 0.717) is 0 Å². The summed E-state index contributed by atoms with van der Waals surface area (Å²) in [5.41, 5.74) is -1.21. The van der Waals surface area contributed by atoms with Crippen molar-refractivity contribution in [2.45, 2.75) is 6.18 Å². The van der Waals surface area contributed by atoms with Gasteiger partial charge in [0.25, 0.3) is 0 Å². The van der Waals surface area contributed by atoms with E-state index in [2.05, 4.69) is 10.3 Å². The predicted octanol–water partition coefficient (Wildman–Crippen LogP) is 4.20. The molecule has 0 fully saturated rings. The fourth-order valence-corrected chi connectivity index (χ4v) is 1.76. The molecule has 8 heteroatoms. The second kappa shape index (κ2) is 5.61. The first-order valence-electron chi connectivity index (χ1n) is 5.60. The highest BCUT2D eigenvalue weighted by Gasteiger charge is 2.33. The zero-order chi connectivity index (χ0) is 15.6. The number of halogens is 4. The lowest BCUT2D eigenvalue weighted by atomic mass is 10.1. The normalized spacial score (nSPS) is 11.2. The maximum atomic E-state index is 12.9. The molecule has 0 aliphatic heterocycles. The van der Waals surface area contributed by atoms with Gasteiger partial charge >= 0.3 is 12.1 Å². The van der Waals surface area contributed by atoms with Crippen LogP contribution in [0.2, 0.25) is 5.02 Å². The van der Waals surface area contributed by atoms with E-state index < -0.39 is 17.7 Å². The Hall–Kier alpha value is -2.28. The second-order valence-electron chi connectivity index (χ2n) is 4.05. The maximum Gasteiger partial charge on any atom is 0.418 e. The van der Waals surface area contributed by atoms with Gasteiger partial charge in [-0.3, -0.25) is 0 Å². The number of benzene rings is 1. The van der Waals surface area contributed by atoms with Gasteiger partial charge in [0.15, 0.2) is 0 Å². The van der Waals surface area contributed by atoms with Crippen LogP contribution in [0, 0.1) is 0 Å². The maximum absolute atomic E-state index is 12.9. The lowest BCUT2D eigenvalue weighted by Crippen LogP contribution is -2.09. The minimum atomic E-state index is -4.58. The minimum Gasteiger partial charge on any atom is -0.478 e. The molecule has 2 N–H and O–H groups in total. The van der Waals surface area contributed by atoms with E-state index in [9.17, 15) is 18.0 Å². The smallest absolute Gasteiger partial charge is 0.418 e. The Bertz CT molecular complexity index is 672. The molecule has 0 aliphatic carbocycles. The average molecular weight is 317 g/mol. The minimum absolute atomic E-state index is 0.0398. The highest BCUT2D eigenvalue weighted by atomic mass is 35.5. The van der Waals surface area contributed by atoms with E-state index in [1.165, 1.54) is 24.3 Å². The van der Waals surface area contributed by atoms with Gasteiger partial charge in [0.1, 0.15) is 5.82 Å². The van der Waals surface area contributed by atoms with E-state index in [1.54, 1.807) is 0 Å². The van der Waals surface area contributed by atoms with E-state index in [4.69, 9.17) is 16.7 Å². The third-order valence-electron chi connectivity index (χ3n) is 2.56. The van der Waals surface area contributed by atoms with Crippen molar-refractivity contribution < 1.29 is 23.1 Å². The molecule has 0 radical (unpaired) electrons. The summed E-state index contributed by atoms with van der Waals surface area (Å²) < 4.78 is 38.7. The van der Waals surface area contributed by atoms with Crippen molar-refractivity contribution in [2.24, 2.45) is 0 Å². The topological polar surface area (TPSA) is 62.2 Å². The number of hydrogen-bond donors (Lipinski definition) is 2. The van der Waals surface area contributed by atoms with Gasteiger partial charge in [-0.15, -0.1) is 0 Å². The third kappa shape index (κ3) is 3.63. The number of aromatic nitrogens is 1. The van der Waals surface area contributed by atoms with Gasteiger partial charge in [0, 0.05) is 11.2 Å². The highest BCUT2D eigenvalue weighted by molar-refractivity contribution is 6.30. The molecule has 2 aromatic rings. The summed E-state index contributed by atoms with van der Waals surface area (Å²) in [4.78, 5) is 14.4. The van der Waals surface area contributed by atoms with Gasteiger partial charge in [0.05, 0.1) is 16.8 Å².